The molecule has 6 heterocycles. The largest absolute Gasteiger partial charge is 0.480 e. The Bertz CT molecular complexity index is 3800. The maximum absolute atomic E-state index is 12.8. The van der Waals surface area contributed by atoms with Crippen LogP contribution in [0.1, 0.15) is 49.5 Å². The number of carboxylic acid groups (broad SMARTS) is 1. The minimum absolute atomic E-state index is 0.0517. The number of aromatic nitrogens is 6. The van der Waals surface area contributed by atoms with Crippen LogP contribution in [0.5, 0.6) is 11.8 Å². The van der Waals surface area contributed by atoms with Gasteiger partial charge in [0.25, 0.3) is 0 Å². The smallest absolute Gasteiger partial charge is 0.411 e. The molecule has 2 fully saturated rings. The summed E-state index contributed by atoms with van der Waals surface area (Å²) in [6.07, 6.45) is 3.62. The van der Waals surface area contributed by atoms with Crippen molar-refractivity contribution in [2.45, 2.75) is 58.2 Å². The molecule has 3 aliphatic rings. The maximum Gasteiger partial charge on any atom is 0.411 e. The van der Waals surface area contributed by atoms with Crippen molar-refractivity contribution in [3.63, 3.8) is 0 Å². The molecule has 2 saturated heterocycles. The molecule has 92 heavy (non-hydrogen) atoms. The highest BCUT2D eigenvalue weighted by Crippen LogP contribution is 2.45. The standard InChI is InChI=1S/C25H29N7O3S.C25H28N2O6.C16H17N5OS/c1-4-23(33)32-12-11-31(3)16-19(32)24(34)26-10-13-35-22-14-21(28-17(2)29-22)30-25-27-15-20(36-25)18-8-6-5-7-9-18;1-25(2,3)33-24(31)27-13-12-26(14-21(27)22(28)29)23(30)32-15-20-18-10-6-4-8-16(18)17-9-5-7-11-19(17)20;1-11-19-14(9-15(20-11)22-8-7-17)21-16-18-10-13(23-16)12-5-3-2-4-6-12/h4-9,14-15,19H,1,10-13,16H2,2-3H3,(H,26,34)(H,27,28,29,30);4-11,20-21H,12-15H2,1-3H3,(H,28,29);2-6,9-10H,7-8,17H2,1H3,(H,18,19,20,21)/t19-;21-;/m00./s1. The van der Waals surface area contributed by atoms with Crippen LogP contribution >= 0.6 is 22.7 Å². The first-order valence-electron chi connectivity index (χ1n) is 29.8. The van der Waals surface area contributed by atoms with Crippen molar-refractivity contribution in [3.8, 4) is 43.8 Å². The van der Waals surface area contributed by atoms with E-state index in [0.717, 1.165) is 53.2 Å². The van der Waals surface area contributed by atoms with Crippen LogP contribution < -0.4 is 31.2 Å². The Morgan fingerprint density at radius 3 is 1.72 bits per heavy atom. The molecule has 0 unspecified atom stereocenters. The van der Waals surface area contributed by atoms with Gasteiger partial charge in [0.1, 0.15) is 54.7 Å². The Balaban J connectivity index is 0.000000167. The topological polar surface area (TPSA) is 295 Å². The van der Waals surface area contributed by atoms with Gasteiger partial charge < -0.3 is 60.4 Å². The van der Waals surface area contributed by atoms with Crippen LogP contribution in [0.2, 0.25) is 0 Å². The van der Waals surface area contributed by atoms with E-state index in [1.54, 1.807) is 56.1 Å². The van der Waals surface area contributed by atoms with Crippen molar-refractivity contribution in [1.29, 1.82) is 0 Å². The zero-order valence-electron chi connectivity index (χ0n) is 52.0. The molecule has 480 valence electrons. The number of hydrogen-bond acceptors (Lipinski definition) is 21. The Morgan fingerprint density at radius 2 is 1.20 bits per heavy atom. The molecule has 24 nitrogen and oxygen atoms in total. The third-order valence-electron chi connectivity index (χ3n) is 14.5. The van der Waals surface area contributed by atoms with Gasteiger partial charge >= 0.3 is 18.2 Å². The number of nitrogens with two attached hydrogens (primary N) is 1. The number of aryl methyl sites for hydroxylation is 2. The molecular formula is C66H74N14O10S2. The summed E-state index contributed by atoms with van der Waals surface area (Å²) in [7, 11) is 1.93. The second kappa shape index (κ2) is 31.2. The Morgan fingerprint density at radius 1 is 0.674 bits per heavy atom. The molecule has 4 aromatic carbocycles. The molecule has 2 aliphatic heterocycles. The molecule has 2 atom stereocenters. The van der Waals surface area contributed by atoms with Gasteiger partial charge in [-0.25, -0.2) is 34.3 Å². The van der Waals surface area contributed by atoms with Crippen molar-refractivity contribution in [1.82, 2.24) is 54.8 Å². The summed E-state index contributed by atoms with van der Waals surface area (Å²) in [6.45, 7) is 15.5. The lowest BCUT2D eigenvalue weighted by Crippen LogP contribution is -2.60. The van der Waals surface area contributed by atoms with Crippen LogP contribution in [0.4, 0.5) is 31.5 Å². The quantitative estimate of drug-likeness (QED) is 0.0395. The number of likely N-dealkylation sites (N-methyl/N-ethyl adjacent to an activating group) is 1. The number of ether oxygens (including phenoxy) is 4. The van der Waals surface area contributed by atoms with Gasteiger partial charge in [-0.3, -0.25) is 14.5 Å². The summed E-state index contributed by atoms with van der Waals surface area (Å²) in [5, 5.41) is 20.4. The van der Waals surface area contributed by atoms with Crippen molar-refractivity contribution < 1.29 is 48.0 Å². The van der Waals surface area contributed by atoms with E-state index in [4.69, 9.17) is 24.7 Å². The summed E-state index contributed by atoms with van der Waals surface area (Å²) >= 11 is 3.09. The van der Waals surface area contributed by atoms with Crippen LogP contribution in [-0.2, 0) is 23.9 Å². The first-order valence-corrected chi connectivity index (χ1v) is 31.4. The molecule has 1 aliphatic carbocycles. The van der Waals surface area contributed by atoms with Gasteiger partial charge in [-0.05, 0) is 81.1 Å². The number of amides is 4. The highest BCUT2D eigenvalue weighted by Gasteiger charge is 2.40. The van der Waals surface area contributed by atoms with E-state index < -0.39 is 35.8 Å². The summed E-state index contributed by atoms with van der Waals surface area (Å²) < 4.78 is 22.2. The lowest BCUT2D eigenvalue weighted by Gasteiger charge is -2.39. The van der Waals surface area contributed by atoms with Gasteiger partial charge in [-0.1, -0.05) is 138 Å². The van der Waals surface area contributed by atoms with Gasteiger partial charge in [0, 0.05) is 69.7 Å². The molecule has 26 heteroatoms. The lowest BCUT2D eigenvalue weighted by atomic mass is 9.98. The molecule has 4 amide bonds. The molecule has 0 radical (unpaired) electrons. The third-order valence-corrected chi connectivity index (χ3v) is 16.4. The first kappa shape index (κ1) is 66.5. The van der Waals surface area contributed by atoms with E-state index in [-0.39, 0.29) is 57.1 Å². The van der Waals surface area contributed by atoms with Gasteiger partial charge in [0.15, 0.2) is 16.3 Å². The average Bonchev–Trinajstić information content (AvgIpc) is 1.64. The fourth-order valence-corrected chi connectivity index (χ4v) is 11.9. The number of hydrogen-bond donors (Lipinski definition) is 5. The van der Waals surface area contributed by atoms with E-state index in [9.17, 15) is 29.1 Å². The van der Waals surface area contributed by atoms with Gasteiger partial charge in [0.2, 0.25) is 23.6 Å². The summed E-state index contributed by atoms with van der Waals surface area (Å²) in [5.41, 5.74) is 11.4. The van der Waals surface area contributed by atoms with Crippen molar-refractivity contribution >= 4 is 74.5 Å². The van der Waals surface area contributed by atoms with Crippen LogP contribution in [0, 0.1) is 13.8 Å². The minimum atomic E-state index is -1.20. The molecule has 0 spiro atoms. The summed E-state index contributed by atoms with van der Waals surface area (Å²) in [5.74, 6) is 1.54. The molecule has 0 saturated carbocycles. The number of nitrogens with zero attached hydrogens (tertiary/aromatic N) is 10. The fourth-order valence-electron chi connectivity index (χ4n) is 10.2. The molecule has 11 rings (SSSR count). The number of carboxylic acids is 1. The lowest BCUT2D eigenvalue weighted by molar-refractivity contribution is -0.145. The molecule has 6 N–H and O–H groups in total. The van der Waals surface area contributed by atoms with Crippen molar-refractivity contribution in [3.05, 3.63) is 169 Å². The first-order chi connectivity index (χ1) is 44.3. The summed E-state index contributed by atoms with van der Waals surface area (Å²) in [4.78, 5) is 96.3. The van der Waals surface area contributed by atoms with E-state index in [1.165, 1.54) is 22.3 Å². The predicted octanol–water partition coefficient (Wildman–Crippen LogP) is 9.41. The Labute approximate surface area is 541 Å². The van der Waals surface area contributed by atoms with E-state index >= 15 is 0 Å². The van der Waals surface area contributed by atoms with Gasteiger partial charge in [0.05, 0.1) is 22.8 Å². The number of benzene rings is 4. The molecule has 4 aromatic heterocycles. The van der Waals surface area contributed by atoms with Crippen LogP contribution in [0.3, 0.4) is 0 Å². The third kappa shape index (κ3) is 18.0. The number of anilines is 4. The number of carbonyl (C=O) groups excluding carboxylic acids is 4. The molecule has 0 bridgehead atoms. The number of carbonyl (C=O) groups is 5. The van der Waals surface area contributed by atoms with Crippen LogP contribution in [-0.4, -0.2) is 181 Å². The van der Waals surface area contributed by atoms with Crippen molar-refractivity contribution in [2.24, 2.45) is 5.73 Å². The average molecular weight is 1290 g/mol. The van der Waals surface area contributed by atoms with Crippen molar-refractivity contribution in [2.75, 3.05) is 89.9 Å². The normalized spacial score (nSPS) is 15.2. The zero-order chi connectivity index (χ0) is 65.3. The highest BCUT2D eigenvalue weighted by molar-refractivity contribution is 7.19. The second-order valence-corrected chi connectivity index (χ2v) is 24.4. The second-order valence-electron chi connectivity index (χ2n) is 22.4. The molecular weight excluding hydrogens is 1210 g/mol. The minimum Gasteiger partial charge on any atom is -0.480 e. The molecule has 8 aromatic rings. The Hall–Kier alpha value is -9.89. The van der Waals surface area contributed by atoms with Crippen LogP contribution in [0.15, 0.2) is 146 Å². The van der Waals surface area contributed by atoms with E-state index in [2.05, 4.69) is 76.7 Å². The van der Waals surface area contributed by atoms with Crippen LogP contribution in [0.25, 0.3) is 32.0 Å². The maximum atomic E-state index is 12.8. The summed E-state index contributed by atoms with van der Waals surface area (Å²) in [6, 6.07) is 37.9. The number of thiazole rings is 2. The fraction of sp³-hybridized carbons (Fsp3) is 0.318. The number of aliphatic carboxylic acids is 1. The number of rotatable bonds is 18. The Kier molecular flexibility index (Phi) is 22.6. The predicted molar refractivity (Wildman–Crippen MR) is 352 cm³/mol. The van der Waals surface area contributed by atoms with Gasteiger partial charge in [-0.2, -0.15) is 9.97 Å². The zero-order valence-corrected chi connectivity index (χ0v) is 53.6. The number of piperazine rings is 2. The number of nitrogens with one attached hydrogen (secondary N) is 3. The highest BCUT2D eigenvalue weighted by atomic mass is 32.1. The van der Waals surface area contributed by atoms with Gasteiger partial charge in [-0.15, -0.1) is 0 Å². The van der Waals surface area contributed by atoms with E-state index in [0.29, 0.717) is 73.0 Å². The monoisotopic (exact) mass is 1290 g/mol. The SMILES string of the molecule is C=CC(=O)N1CCN(C)C[C@H]1C(=O)NCCOc1cc(Nc2ncc(-c3ccccc3)s2)nc(C)n1.CC(C)(C)OC(=O)N1CCN(C(=O)OCC2c3ccccc3-c3ccccc32)C[C@H]1C(=O)O.Cc1nc(Nc2ncc(-c3ccccc3)s2)cc(OCCN)n1. The van der Waals surface area contributed by atoms with E-state index in [1.807, 2.05) is 116 Å². The number of fused-ring (bicyclic) bond motifs is 3.